The van der Waals surface area contributed by atoms with Crippen LogP contribution in [-0.2, 0) is 39.9 Å². The summed E-state index contributed by atoms with van der Waals surface area (Å²) in [7, 11) is 0. The number of fused-ring (bicyclic) bond motifs is 1. The van der Waals surface area contributed by atoms with Crippen LogP contribution in [0.4, 0.5) is 5.95 Å². The number of hydrogen-bond donors (Lipinski definition) is 2. The Morgan fingerprint density at radius 2 is 1.85 bits per heavy atom. The number of aromatic amines is 1. The van der Waals surface area contributed by atoms with E-state index >= 15 is 0 Å². The maximum absolute atomic E-state index is 12.6. The molecule has 0 aromatic carbocycles. The predicted octanol–water partition coefficient (Wildman–Crippen LogP) is 0.348. The second-order valence-corrected chi connectivity index (χ2v) is 7.56. The Labute approximate surface area is 192 Å². The number of ether oxygens (including phenoxy) is 4. The van der Waals surface area contributed by atoms with Crippen LogP contribution in [-0.4, -0.2) is 61.9 Å². The number of allylic oxidation sites excluding steroid dienone is 1. The van der Waals surface area contributed by atoms with E-state index in [1.54, 1.807) is 0 Å². The molecule has 33 heavy (non-hydrogen) atoms. The van der Waals surface area contributed by atoms with Crippen LogP contribution >= 0.6 is 12.2 Å². The van der Waals surface area contributed by atoms with E-state index in [9.17, 15) is 19.2 Å². The average Bonchev–Trinajstić information content (AvgIpc) is 3.15. The topological polar surface area (TPSA) is 170 Å². The fraction of sp³-hybridized carbons (Fsp3) is 0.474. The molecule has 13 nitrogen and oxygen atoms in total. The van der Waals surface area contributed by atoms with Gasteiger partial charge in [-0.15, -0.1) is 6.58 Å². The highest BCUT2D eigenvalue weighted by molar-refractivity contribution is 7.71. The van der Waals surface area contributed by atoms with Crippen molar-refractivity contribution in [2.24, 2.45) is 0 Å². The summed E-state index contributed by atoms with van der Waals surface area (Å²) in [6, 6.07) is 0. The standard InChI is InChI=1S/C19H23N5O8S/c1-5-6-23-12-15(21-18(20)22-16(12)28)24(19(23)33)17-14(31-10(4)27)13(30-9(3)26)11(32-17)7-29-8(2)25/h5,11,13-14,17H,1,6-7H2,2-4H3,(H3,20,21,22,28)/t11-,13-,14-,17-/m1/s1. The van der Waals surface area contributed by atoms with Crippen molar-refractivity contribution in [1.29, 1.82) is 0 Å². The number of hydrogen-bond acceptors (Lipinski definition) is 11. The lowest BCUT2D eigenvalue weighted by Gasteiger charge is -2.23. The minimum Gasteiger partial charge on any atom is -0.463 e. The number of carbonyl (C=O) groups excluding carboxylic acids is 3. The molecule has 0 bridgehead atoms. The van der Waals surface area contributed by atoms with Gasteiger partial charge in [-0.05, 0) is 12.2 Å². The lowest BCUT2D eigenvalue weighted by atomic mass is 10.1. The number of nitrogens with two attached hydrogens (primary N) is 1. The molecule has 3 N–H and O–H groups in total. The van der Waals surface area contributed by atoms with E-state index in [4.69, 9.17) is 36.9 Å². The third kappa shape index (κ3) is 4.80. The summed E-state index contributed by atoms with van der Waals surface area (Å²) in [5.41, 5.74) is 5.33. The number of anilines is 1. The molecule has 3 rings (SSSR count). The van der Waals surface area contributed by atoms with E-state index in [0.717, 1.165) is 0 Å². The molecule has 0 unspecified atom stereocenters. The van der Waals surface area contributed by atoms with Gasteiger partial charge in [-0.1, -0.05) is 6.08 Å². The van der Waals surface area contributed by atoms with Gasteiger partial charge in [-0.25, -0.2) is 0 Å². The summed E-state index contributed by atoms with van der Waals surface area (Å²) in [4.78, 5) is 54.3. The highest BCUT2D eigenvalue weighted by atomic mass is 32.1. The number of imidazole rings is 1. The molecule has 0 aliphatic carbocycles. The number of H-pyrrole nitrogens is 1. The average molecular weight is 481 g/mol. The van der Waals surface area contributed by atoms with Gasteiger partial charge in [0.15, 0.2) is 34.4 Å². The molecule has 3 heterocycles. The second kappa shape index (κ2) is 9.54. The lowest BCUT2D eigenvalue weighted by molar-refractivity contribution is -0.166. The van der Waals surface area contributed by atoms with E-state index in [1.165, 1.54) is 36.0 Å². The molecule has 0 radical (unpaired) electrons. The Bertz CT molecular complexity index is 1230. The van der Waals surface area contributed by atoms with E-state index < -0.39 is 48.0 Å². The number of nitrogens with one attached hydrogen (secondary N) is 1. The summed E-state index contributed by atoms with van der Waals surface area (Å²) in [5, 5.41) is 0. The number of aromatic nitrogens is 4. The van der Waals surface area contributed by atoms with Crippen LogP contribution in [0.1, 0.15) is 27.0 Å². The molecule has 0 spiro atoms. The molecule has 1 saturated heterocycles. The van der Waals surface area contributed by atoms with Gasteiger partial charge in [0.25, 0.3) is 5.56 Å². The van der Waals surface area contributed by atoms with Crippen molar-refractivity contribution in [2.45, 2.75) is 51.9 Å². The molecule has 1 fully saturated rings. The van der Waals surface area contributed by atoms with Crippen molar-refractivity contribution in [3.05, 3.63) is 27.8 Å². The van der Waals surface area contributed by atoms with E-state index in [-0.39, 0.29) is 35.0 Å². The number of carbonyl (C=O) groups is 3. The number of nitrogens with zero attached hydrogens (tertiary/aromatic N) is 3. The van der Waals surface area contributed by atoms with Crippen LogP contribution in [0.25, 0.3) is 11.2 Å². The smallest absolute Gasteiger partial charge is 0.303 e. The predicted molar refractivity (Wildman–Crippen MR) is 115 cm³/mol. The van der Waals surface area contributed by atoms with Gasteiger partial charge in [0.2, 0.25) is 5.95 Å². The molecule has 4 atom stereocenters. The largest absolute Gasteiger partial charge is 0.463 e. The fourth-order valence-corrected chi connectivity index (χ4v) is 3.98. The maximum atomic E-state index is 12.6. The molecule has 178 valence electrons. The Hall–Kier alpha value is -3.52. The minimum absolute atomic E-state index is 0.0555. The first-order valence-electron chi connectivity index (χ1n) is 9.79. The second-order valence-electron chi connectivity index (χ2n) is 7.19. The first-order valence-corrected chi connectivity index (χ1v) is 10.2. The van der Waals surface area contributed by atoms with Crippen LogP contribution in [0.3, 0.4) is 0 Å². The van der Waals surface area contributed by atoms with Crippen LogP contribution in [0.2, 0.25) is 0 Å². The van der Waals surface area contributed by atoms with E-state index in [1.807, 2.05) is 0 Å². The quantitative estimate of drug-likeness (QED) is 0.242. The lowest BCUT2D eigenvalue weighted by Crippen LogP contribution is -2.40. The molecule has 2 aromatic heterocycles. The summed E-state index contributed by atoms with van der Waals surface area (Å²) in [5.74, 6) is -2.13. The van der Waals surface area contributed by atoms with Crippen LogP contribution in [0.15, 0.2) is 17.4 Å². The normalized spacial score (nSPS) is 22.2. The van der Waals surface area contributed by atoms with Crippen LogP contribution in [0, 0.1) is 4.77 Å². The van der Waals surface area contributed by atoms with Gasteiger partial charge < -0.3 is 29.2 Å². The highest BCUT2D eigenvalue weighted by Crippen LogP contribution is 2.36. The Morgan fingerprint density at radius 3 is 2.42 bits per heavy atom. The van der Waals surface area contributed by atoms with Gasteiger partial charge in [0.05, 0.1) is 0 Å². The summed E-state index contributed by atoms with van der Waals surface area (Å²) in [6.45, 7) is 7.08. The SMILES string of the molecule is C=CCn1c(=S)n([C@@H]2O[C@H](COC(C)=O)[C@@H](OC(C)=O)[C@H]2OC(C)=O)c2nc(N)[nH]c(=O)c21. The van der Waals surface area contributed by atoms with Crippen molar-refractivity contribution in [2.75, 3.05) is 12.3 Å². The maximum Gasteiger partial charge on any atom is 0.303 e. The molecule has 1 aliphatic heterocycles. The fourth-order valence-electron chi connectivity index (χ4n) is 3.63. The third-order valence-corrected chi connectivity index (χ3v) is 5.15. The Balaban J connectivity index is 2.23. The molecule has 2 aromatic rings. The van der Waals surface area contributed by atoms with E-state index in [2.05, 4.69) is 16.5 Å². The van der Waals surface area contributed by atoms with Gasteiger partial charge in [0, 0.05) is 27.3 Å². The molecule has 14 heteroatoms. The van der Waals surface area contributed by atoms with Gasteiger partial charge in [0.1, 0.15) is 12.7 Å². The zero-order chi connectivity index (χ0) is 24.4. The third-order valence-electron chi connectivity index (χ3n) is 4.74. The van der Waals surface area contributed by atoms with Gasteiger partial charge in [-0.2, -0.15) is 4.98 Å². The van der Waals surface area contributed by atoms with Crippen molar-refractivity contribution in [3.63, 3.8) is 0 Å². The van der Waals surface area contributed by atoms with Gasteiger partial charge in [-0.3, -0.25) is 28.7 Å². The van der Waals surface area contributed by atoms with Crippen molar-refractivity contribution in [3.8, 4) is 0 Å². The first kappa shape index (κ1) is 24.1. The molecule has 0 amide bonds. The zero-order valence-electron chi connectivity index (χ0n) is 18.1. The van der Waals surface area contributed by atoms with Crippen molar-refractivity contribution < 1.29 is 33.3 Å². The summed E-state index contributed by atoms with van der Waals surface area (Å²) in [6.07, 6.45) is -3.02. The minimum atomic E-state index is -1.20. The highest BCUT2D eigenvalue weighted by Gasteiger charge is 2.51. The van der Waals surface area contributed by atoms with Crippen LogP contribution in [0.5, 0.6) is 0 Å². The number of nitrogen functional groups attached to an aromatic ring is 1. The van der Waals surface area contributed by atoms with Crippen molar-refractivity contribution >= 4 is 47.2 Å². The molecular weight excluding hydrogens is 458 g/mol. The molecular formula is C19H23N5O8S. The Kier molecular flexibility index (Phi) is 6.98. The van der Waals surface area contributed by atoms with E-state index in [0.29, 0.717) is 0 Å². The zero-order valence-corrected chi connectivity index (χ0v) is 18.9. The van der Waals surface area contributed by atoms with Crippen molar-refractivity contribution in [1.82, 2.24) is 19.1 Å². The number of rotatable bonds is 7. The summed E-state index contributed by atoms with van der Waals surface area (Å²) < 4.78 is 24.7. The van der Waals surface area contributed by atoms with Gasteiger partial charge >= 0.3 is 17.9 Å². The number of esters is 3. The molecule has 1 aliphatic rings. The van der Waals surface area contributed by atoms with Crippen LogP contribution < -0.4 is 11.3 Å². The first-order chi connectivity index (χ1) is 15.5. The monoisotopic (exact) mass is 481 g/mol. The Morgan fingerprint density at radius 1 is 1.21 bits per heavy atom. The summed E-state index contributed by atoms with van der Waals surface area (Å²) >= 11 is 5.57. The molecule has 0 saturated carbocycles.